The number of likely N-dealkylation sites (tertiary alicyclic amines) is 1. The van der Waals surface area contributed by atoms with Gasteiger partial charge in [0.25, 0.3) is 5.91 Å². The molecule has 1 atom stereocenters. The third-order valence-corrected chi connectivity index (χ3v) is 3.69. The molecule has 1 unspecified atom stereocenters. The highest BCUT2D eigenvalue weighted by Crippen LogP contribution is 2.22. The first kappa shape index (κ1) is 15.5. The zero-order valence-electron chi connectivity index (χ0n) is 12.1. The number of nitrogens with two attached hydrogens (primary N) is 1. The van der Waals surface area contributed by atoms with Gasteiger partial charge in [0.2, 0.25) is 0 Å². The van der Waals surface area contributed by atoms with Crippen molar-refractivity contribution in [3.8, 4) is 11.8 Å². The minimum absolute atomic E-state index is 0.0913. The average Bonchev–Trinajstić information content (AvgIpc) is 2.53. The summed E-state index contributed by atoms with van der Waals surface area (Å²) >= 11 is 0. The van der Waals surface area contributed by atoms with Crippen LogP contribution in [0.25, 0.3) is 0 Å². The highest BCUT2D eigenvalue weighted by atomic mass is 16.3. The predicted octanol–water partition coefficient (Wildman–Crippen LogP) is 0.769. The Balaban J connectivity index is 2.26. The number of aromatic nitrogens is 1. The number of hydrogen-bond donors (Lipinski definition) is 2. The lowest BCUT2D eigenvalue weighted by atomic mass is 9.98. The molecule has 0 aliphatic carbocycles. The Morgan fingerprint density at radius 2 is 2.38 bits per heavy atom. The van der Waals surface area contributed by atoms with E-state index >= 15 is 0 Å². The molecule has 0 aromatic carbocycles. The molecular weight excluding hydrogens is 266 g/mol. The van der Waals surface area contributed by atoms with Gasteiger partial charge in [0.05, 0.1) is 12.1 Å². The van der Waals surface area contributed by atoms with Gasteiger partial charge in [0.1, 0.15) is 5.69 Å². The second kappa shape index (κ2) is 7.77. The molecule has 0 radical (unpaired) electrons. The lowest BCUT2D eigenvalue weighted by Crippen LogP contribution is -2.44. The zero-order valence-corrected chi connectivity index (χ0v) is 12.1. The molecule has 0 bridgehead atoms. The van der Waals surface area contributed by atoms with Crippen molar-refractivity contribution in [3.05, 3.63) is 29.6 Å². The number of hydrogen-bond acceptors (Lipinski definition) is 4. The van der Waals surface area contributed by atoms with Crippen molar-refractivity contribution in [2.45, 2.75) is 31.7 Å². The maximum atomic E-state index is 12.8. The predicted molar refractivity (Wildman–Crippen MR) is 80.5 cm³/mol. The van der Waals surface area contributed by atoms with Crippen molar-refractivity contribution in [2.75, 3.05) is 19.7 Å². The van der Waals surface area contributed by atoms with Gasteiger partial charge in [0, 0.05) is 25.4 Å². The van der Waals surface area contributed by atoms with Crippen LogP contribution >= 0.6 is 0 Å². The number of aliphatic hydroxyl groups excluding tert-OH is 1. The molecule has 1 fully saturated rings. The average molecular weight is 287 g/mol. The fourth-order valence-corrected chi connectivity index (χ4v) is 2.68. The first-order valence-electron chi connectivity index (χ1n) is 7.33. The first-order valence-corrected chi connectivity index (χ1v) is 7.33. The summed E-state index contributed by atoms with van der Waals surface area (Å²) in [6, 6.07) is 3.64. The van der Waals surface area contributed by atoms with Crippen LogP contribution in [0.4, 0.5) is 0 Å². The highest BCUT2D eigenvalue weighted by molar-refractivity contribution is 5.95. The van der Waals surface area contributed by atoms with Gasteiger partial charge in [-0.3, -0.25) is 4.79 Å². The molecule has 1 aromatic heterocycles. The Hall–Kier alpha value is -1.90. The first-order chi connectivity index (χ1) is 10.3. The smallest absolute Gasteiger partial charge is 0.273 e. The van der Waals surface area contributed by atoms with Crippen molar-refractivity contribution in [1.82, 2.24) is 9.88 Å². The van der Waals surface area contributed by atoms with E-state index in [0.29, 0.717) is 24.2 Å². The van der Waals surface area contributed by atoms with E-state index in [9.17, 15) is 4.79 Å². The second-order valence-corrected chi connectivity index (χ2v) is 5.07. The van der Waals surface area contributed by atoms with Gasteiger partial charge in [-0.05, 0) is 37.8 Å². The molecular formula is C16H21N3O2. The Morgan fingerprint density at radius 3 is 3.14 bits per heavy atom. The van der Waals surface area contributed by atoms with Crippen LogP contribution < -0.4 is 5.73 Å². The van der Waals surface area contributed by atoms with E-state index in [1.807, 2.05) is 4.90 Å². The van der Waals surface area contributed by atoms with Crippen LogP contribution in [-0.4, -0.2) is 46.6 Å². The minimum Gasteiger partial charge on any atom is -0.396 e. The number of aliphatic hydroxyl groups is 1. The van der Waals surface area contributed by atoms with Crippen LogP contribution in [0.2, 0.25) is 0 Å². The van der Waals surface area contributed by atoms with Crippen LogP contribution in [0.15, 0.2) is 18.3 Å². The molecule has 112 valence electrons. The molecule has 1 saturated heterocycles. The lowest BCUT2D eigenvalue weighted by molar-refractivity contribution is 0.0568. The van der Waals surface area contributed by atoms with Crippen LogP contribution in [0, 0.1) is 11.8 Å². The van der Waals surface area contributed by atoms with Gasteiger partial charge in [-0.2, -0.15) is 0 Å². The molecule has 2 heterocycles. The van der Waals surface area contributed by atoms with Gasteiger partial charge < -0.3 is 15.7 Å². The molecule has 1 aromatic rings. The topological polar surface area (TPSA) is 79.5 Å². The minimum atomic E-state index is -0.102. The molecule has 3 N–H and O–H groups in total. The summed E-state index contributed by atoms with van der Waals surface area (Å²) in [6.45, 7) is 1.06. The SMILES string of the molecule is NCC#Cc1cccnc1C(=O)N1CCCCC1CCO. The Morgan fingerprint density at radius 1 is 1.52 bits per heavy atom. The standard InChI is InChI=1S/C16H21N3O2/c17-9-3-5-13-6-4-10-18-15(13)16(21)19-11-2-1-7-14(19)8-12-20/h4,6,10,14,20H,1-2,7-9,11-12,17H2. The van der Waals surface area contributed by atoms with Crippen LogP contribution in [0.3, 0.4) is 0 Å². The molecule has 2 rings (SSSR count). The summed E-state index contributed by atoms with van der Waals surface area (Å²) in [7, 11) is 0. The fraction of sp³-hybridized carbons (Fsp3) is 0.500. The summed E-state index contributed by atoms with van der Waals surface area (Å²) in [5.74, 6) is 5.57. The third kappa shape index (κ3) is 3.81. The Labute approximate surface area is 125 Å². The fourth-order valence-electron chi connectivity index (χ4n) is 2.68. The van der Waals surface area contributed by atoms with E-state index < -0.39 is 0 Å². The monoisotopic (exact) mass is 287 g/mol. The molecule has 5 heteroatoms. The molecule has 0 spiro atoms. The van der Waals surface area contributed by atoms with E-state index in [1.54, 1.807) is 18.3 Å². The number of nitrogens with zero attached hydrogens (tertiary/aromatic N) is 2. The van der Waals surface area contributed by atoms with E-state index in [0.717, 1.165) is 19.3 Å². The number of amides is 1. The lowest BCUT2D eigenvalue weighted by Gasteiger charge is -2.35. The van der Waals surface area contributed by atoms with Crippen LogP contribution in [0.5, 0.6) is 0 Å². The number of rotatable bonds is 3. The summed E-state index contributed by atoms with van der Waals surface area (Å²) in [4.78, 5) is 18.8. The summed E-state index contributed by atoms with van der Waals surface area (Å²) in [6.07, 6.45) is 5.23. The number of carbonyl (C=O) groups is 1. The van der Waals surface area contributed by atoms with Crippen LogP contribution in [0.1, 0.15) is 41.7 Å². The second-order valence-electron chi connectivity index (χ2n) is 5.07. The summed E-state index contributed by atoms with van der Waals surface area (Å²) < 4.78 is 0. The van der Waals surface area contributed by atoms with Crippen LogP contribution in [-0.2, 0) is 0 Å². The quantitative estimate of drug-likeness (QED) is 0.805. The highest BCUT2D eigenvalue weighted by Gasteiger charge is 2.28. The van der Waals surface area contributed by atoms with E-state index in [1.165, 1.54) is 0 Å². The maximum absolute atomic E-state index is 12.8. The molecule has 1 amide bonds. The van der Waals surface area contributed by atoms with E-state index in [2.05, 4.69) is 16.8 Å². The van der Waals surface area contributed by atoms with E-state index in [4.69, 9.17) is 10.8 Å². The Bertz CT molecular complexity index is 546. The summed E-state index contributed by atoms with van der Waals surface area (Å²) in [5, 5.41) is 9.17. The van der Waals surface area contributed by atoms with Crippen molar-refractivity contribution < 1.29 is 9.90 Å². The largest absolute Gasteiger partial charge is 0.396 e. The number of piperidine rings is 1. The number of carbonyl (C=O) groups excluding carboxylic acids is 1. The molecule has 1 aliphatic heterocycles. The zero-order chi connectivity index (χ0) is 15.1. The van der Waals surface area contributed by atoms with Gasteiger partial charge >= 0.3 is 0 Å². The maximum Gasteiger partial charge on any atom is 0.273 e. The number of pyridine rings is 1. The Kier molecular flexibility index (Phi) is 5.73. The van der Waals surface area contributed by atoms with Crippen molar-refractivity contribution in [1.29, 1.82) is 0 Å². The molecule has 1 aliphatic rings. The molecule has 21 heavy (non-hydrogen) atoms. The van der Waals surface area contributed by atoms with Gasteiger partial charge in [0.15, 0.2) is 0 Å². The normalized spacial score (nSPS) is 18.0. The van der Waals surface area contributed by atoms with Gasteiger partial charge in [-0.1, -0.05) is 11.8 Å². The van der Waals surface area contributed by atoms with Gasteiger partial charge in [-0.15, -0.1) is 0 Å². The van der Waals surface area contributed by atoms with E-state index in [-0.39, 0.29) is 25.1 Å². The van der Waals surface area contributed by atoms with Gasteiger partial charge in [-0.25, -0.2) is 4.98 Å². The van der Waals surface area contributed by atoms with Crippen molar-refractivity contribution in [2.24, 2.45) is 5.73 Å². The molecule has 5 nitrogen and oxygen atoms in total. The summed E-state index contributed by atoms with van der Waals surface area (Å²) in [5.41, 5.74) is 6.38. The van der Waals surface area contributed by atoms with Crippen molar-refractivity contribution in [3.63, 3.8) is 0 Å². The van der Waals surface area contributed by atoms with Crippen molar-refractivity contribution >= 4 is 5.91 Å². The third-order valence-electron chi connectivity index (χ3n) is 3.69. The molecule has 0 saturated carbocycles.